The van der Waals surface area contributed by atoms with Crippen molar-refractivity contribution in [3.05, 3.63) is 24.4 Å². The van der Waals surface area contributed by atoms with E-state index in [0.29, 0.717) is 0 Å². The average molecular weight is 206 g/mol. The van der Waals surface area contributed by atoms with E-state index in [0.717, 1.165) is 13.1 Å². The highest BCUT2D eigenvalue weighted by molar-refractivity contribution is 8.93. The first-order valence-corrected chi connectivity index (χ1v) is 3.12. The summed E-state index contributed by atoms with van der Waals surface area (Å²) in [7, 11) is 0. The molecular formula is C7H12BrNO. The van der Waals surface area contributed by atoms with Crippen molar-refractivity contribution in [3.63, 3.8) is 0 Å². The van der Waals surface area contributed by atoms with E-state index in [2.05, 4.69) is 11.0 Å². The highest BCUT2D eigenvalue weighted by Gasteiger charge is 1.95. The number of halogens is 1. The number of hydrogen-bond acceptors (Lipinski definition) is 2. The fourth-order valence-corrected chi connectivity index (χ4v) is 0.801. The van der Waals surface area contributed by atoms with Crippen LogP contribution in [0.25, 0.3) is 0 Å². The molecule has 0 saturated carbocycles. The molecule has 0 fully saturated rings. The summed E-state index contributed by atoms with van der Waals surface area (Å²) in [4.78, 5) is 2.06. The fraction of sp³-hybridized carbons (Fsp3) is 0.429. The third-order valence-electron chi connectivity index (χ3n) is 1.27. The molecule has 1 aliphatic heterocycles. The van der Waals surface area contributed by atoms with Crippen LogP contribution in [-0.4, -0.2) is 29.7 Å². The van der Waals surface area contributed by atoms with Gasteiger partial charge < -0.3 is 10.0 Å². The van der Waals surface area contributed by atoms with Crippen LogP contribution in [0.1, 0.15) is 0 Å². The normalized spacial score (nSPS) is 15.1. The van der Waals surface area contributed by atoms with Gasteiger partial charge in [-0.25, -0.2) is 0 Å². The van der Waals surface area contributed by atoms with E-state index < -0.39 is 0 Å². The Bertz CT molecular complexity index is 134. The Labute approximate surface area is 71.6 Å². The van der Waals surface area contributed by atoms with Gasteiger partial charge in [-0.05, 0) is 12.3 Å². The Kier molecular flexibility index (Phi) is 5.35. The lowest BCUT2D eigenvalue weighted by atomic mass is 10.3. The highest BCUT2D eigenvalue weighted by atomic mass is 79.9. The number of aliphatic hydroxyl groups is 1. The maximum Gasteiger partial charge on any atom is 0.0606 e. The van der Waals surface area contributed by atoms with Gasteiger partial charge in [0.2, 0.25) is 0 Å². The van der Waals surface area contributed by atoms with Crippen molar-refractivity contribution in [2.45, 2.75) is 0 Å². The maximum absolute atomic E-state index is 8.52. The monoisotopic (exact) mass is 205 g/mol. The van der Waals surface area contributed by atoms with Gasteiger partial charge in [0, 0.05) is 13.1 Å². The van der Waals surface area contributed by atoms with Crippen molar-refractivity contribution in [2.75, 3.05) is 19.7 Å². The van der Waals surface area contributed by atoms with Crippen LogP contribution in [0.4, 0.5) is 0 Å². The van der Waals surface area contributed by atoms with Crippen molar-refractivity contribution in [1.29, 1.82) is 0 Å². The molecule has 0 bridgehead atoms. The molecule has 0 unspecified atom stereocenters. The van der Waals surface area contributed by atoms with Crippen LogP contribution in [0.15, 0.2) is 24.4 Å². The summed E-state index contributed by atoms with van der Waals surface area (Å²) < 4.78 is 0. The summed E-state index contributed by atoms with van der Waals surface area (Å²) in [6.45, 7) is 1.90. The summed E-state index contributed by atoms with van der Waals surface area (Å²) >= 11 is 0. The SMILES string of the molecule is Br.OCCN1C=CC=CC1. The number of hydrogen-bond donors (Lipinski definition) is 1. The molecule has 0 aliphatic carbocycles. The van der Waals surface area contributed by atoms with Crippen LogP contribution < -0.4 is 0 Å². The van der Waals surface area contributed by atoms with E-state index in [1.54, 1.807) is 0 Å². The lowest BCUT2D eigenvalue weighted by molar-refractivity contribution is 0.245. The molecule has 3 heteroatoms. The summed E-state index contributed by atoms with van der Waals surface area (Å²) in [5.74, 6) is 0. The summed E-state index contributed by atoms with van der Waals surface area (Å²) in [6, 6.07) is 0. The topological polar surface area (TPSA) is 23.5 Å². The number of rotatable bonds is 2. The lowest BCUT2D eigenvalue weighted by Crippen LogP contribution is -2.22. The van der Waals surface area contributed by atoms with Crippen molar-refractivity contribution >= 4 is 17.0 Å². The molecule has 0 atom stereocenters. The molecule has 0 amide bonds. The molecule has 0 aromatic carbocycles. The van der Waals surface area contributed by atoms with Gasteiger partial charge in [0.05, 0.1) is 6.61 Å². The van der Waals surface area contributed by atoms with Gasteiger partial charge in [-0.3, -0.25) is 0 Å². The average Bonchev–Trinajstić information content (AvgIpc) is 1.91. The minimum Gasteiger partial charge on any atom is -0.395 e. The smallest absolute Gasteiger partial charge is 0.0606 e. The molecule has 0 aromatic heterocycles. The van der Waals surface area contributed by atoms with Crippen molar-refractivity contribution in [3.8, 4) is 0 Å². The minimum absolute atomic E-state index is 0. The number of β-amino-alcohol motifs (C(OH)–C–C–N with tert-alkyl or cyclic N) is 1. The molecule has 1 aliphatic rings. The first kappa shape index (κ1) is 9.72. The quantitative estimate of drug-likeness (QED) is 0.726. The fourth-order valence-electron chi connectivity index (χ4n) is 0.801. The van der Waals surface area contributed by atoms with Crippen molar-refractivity contribution in [2.24, 2.45) is 0 Å². The molecule has 0 saturated heterocycles. The van der Waals surface area contributed by atoms with Gasteiger partial charge in [0.15, 0.2) is 0 Å². The van der Waals surface area contributed by atoms with Crippen LogP contribution in [0, 0.1) is 0 Å². The van der Waals surface area contributed by atoms with E-state index >= 15 is 0 Å². The summed E-state index contributed by atoms with van der Waals surface area (Å²) in [5.41, 5.74) is 0. The predicted octanol–water partition coefficient (Wildman–Crippen LogP) is 0.942. The van der Waals surface area contributed by atoms with Gasteiger partial charge in [-0.15, -0.1) is 17.0 Å². The molecule has 1 heterocycles. The Morgan fingerprint density at radius 2 is 2.20 bits per heavy atom. The Morgan fingerprint density at radius 3 is 2.70 bits per heavy atom. The second kappa shape index (κ2) is 5.50. The van der Waals surface area contributed by atoms with Gasteiger partial charge in [-0.2, -0.15) is 0 Å². The highest BCUT2D eigenvalue weighted by Crippen LogP contribution is 1.95. The predicted molar refractivity (Wildman–Crippen MR) is 47.3 cm³/mol. The van der Waals surface area contributed by atoms with Crippen molar-refractivity contribution < 1.29 is 5.11 Å². The Morgan fingerprint density at radius 1 is 1.40 bits per heavy atom. The Balaban J connectivity index is 0.000000810. The van der Waals surface area contributed by atoms with E-state index in [-0.39, 0.29) is 23.6 Å². The van der Waals surface area contributed by atoms with Crippen LogP contribution in [0.5, 0.6) is 0 Å². The second-order valence-electron chi connectivity index (χ2n) is 1.99. The first-order chi connectivity index (χ1) is 4.43. The largest absolute Gasteiger partial charge is 0.395 e. The summed E-state index contributed by atoms with van der Waals surface area (Å²) in [6.07, 6.45) is 8.03. The van der Waals surface area contributed by atoms with Gasteiger partial charge in [0.25, 0.3) is 0 Å². The summed E-state index contributed by atoms with van der Waals surface area (Å²) in [5, 5.41) is 8.52. The van der Waals surface area contributed by atoms with E-state index in [9.17, 15) is 0 Å². The third-order valence-corrected chi connectivity index (χ3v) is 1.27. The third kappa shape index (κ3) is 3.03. The molecule has 0 spiro atoms. The molecule has 0 radical (unpaired) electrons. The first-order valence-electron chi connectivity index (χ1n) is 3.12. The molecule has 0 aromatic rings. The standard InChI is InChI=1S/C7H11NO.BrH/c9-7-6-8-4-2-1-3-5-8;/h1-4,9H,5-7H2;1H. The van der Waals surface area contributed by atoms with Crippen LogP contribution in [0.3, 0.4) is 0 Å². The van der Waals surface area contributed by atoms with Crippen LogP contribution in [-0.2, 0) is 0 Å². The van der Waals surface area contributed by atoms with E-state index in [1.165, 1.54) is 0 Å². The minimum atomic E-state index is 0. The Hall–Kier alpha value is -0.280. The number of allylic oxidation sites excluding steroid dienone is 2. The zero-order valence-corrected chi connectivity index (χ0v) is 7.45. The number of nitrogens with zero attached hydrogens (tertiary/aromatic N) is 1. The molecule has 1 N–H and O–H groups in total. The van der Waals surface area contributed by atoms with Crippen LogP contribution >= 0.6 is 17.0 Å². The number of aliphatic hydroxyl groups excluding tert-OH is 1. The lowest BCUT2D eigenvalue weighted by Gasteiger charge is -2.18. The molecule has 10 heavy (non-hydrogen) atoms. The maximum atomic E-state index is 8.52. The molecule has 1 rings (SSSR count). The molecular weight excluding hydrogens is 194 g/mol. The molecule has 2 nitrogen and oxygen atoms in total. The molecule has 58 valence electrons. The van der Waals surface area contributed by atoms with E-state index in [4.69, 9.17) is 5.11 Å². The zero-order valence-electron chi connectivity index (χ0n) is 5.73. The van der Waals surface area contributed by atoms with Crippen LogP contribution in [0.2, 0.25) is 0 Å². The zero-order chi connectivity index (χ0) is 6.53. The van der Waals surface area contributed by atoms with Crippen molar-refractivity contribution in [1.82, 2.24) is 4.90 Å². The van der Waals surface area contributed by atoms with Gasteiger partial charge >= 0.3 is 0 Å². The second-order valence-corrected chi connectivity index (χ2v) is 1.99. The van der Waals surface area contributed by atoms with Gasteiger partial charge in [0.1, 0.15) is 0 Å². The van der Waals surface area contributed by atoms with E-state index in [1.807, 2.05) is 18.4 Å². The van der Waals surface area contributed by atoms with Gasteiger partial charge in [-0.1, -0.05) is 12.2 Å².